The van der Waals surface area contributed by atoms with Crippen molar-refractivity contribution in [3.05, 3.63) is 34.9 Å². The molecule has 4 heteroatoms. The molecular weight excluding hydrogens is 230 g/mol. The predicted octanol–water partition coefficient (Wildman–Crippen LogP) is 2.28. The van der Waals surface area contributed by atoms with Crippen molar-refractivity contribution in [2.24, 2.45) is 5.73 Å². The van der Waals surface area contributed by atoms with Gasteiger partial charge in [0.05, 0.1) is 5.60 Å². The van der Waals surface area contributed by atoms with Crippen molar-refractivity contribution in [2.75, 3.05) is 12.3 Å². The topological polar surface area (TPSA) is 46.2 Å². The second-order valence-corrected chi connectivity index (χ2v) is 5.24. The van der Waals surface area contributed by atoms with Crippen molar-refractivity contribution < 1.29 is 5.11 Å². The molecule has 0 saturated carbocycles. The summed E-state index contributed by atoms with van der Waals surface area (Å²) in [5.41, 5.74) is 5.86. The van der Waals surface area contributed by atoms with Crippen molar-refractivity contribution in [3.63, 3.8) is 0 Å². The van der Waals surface area contributed by atoms with Gasteiger partial charge in [-0.1, -0.05) is 23.7 Å². The van der Waals surface area contributed by atoms with Gasteiger partial charge in [-0.15, -0.1) is 0 Å². The maximum absolute atomic E-state index is 9.68. The summed E-state index contributed by atoms with van der Waals surface area (Å²) >= 11 is 7.45. The minimum absolute atomic E-state index is 0.292. The van der Waals surface area contributed by atoms with E-state index in [0.29, 0.717) is 12.3 Å². The zero-order valence-corrected chi connectivity index (χ0v) is 10.3. The highest BCUT2D eigenvalue weighted by Crippen LogP contribution is 2.18. The van der Waals surface area contributed by atoms with E-state index in [4.69, 9.17) is 17.3 Å². The molecule has 0 saturated heterocycles. The molecule has 2 nitrogen and oxygen atoms in total. The summed E-state index contributed by atoms with van der Waals surface area (Å²) in [6.45, 7) is 2.04. The highest BCUT2D eigenvalue weighted by Gasteiger charge is 2.17. The zero-order valence-electron chi connectivity index (χ0n) is 8.74. The Labute approximate surface area is 99.8 Å². The quantitative estimate of drug-likeness (QED) is 0.837. The van der Waals surface area contributed by atoms with Crippen LogP contribution < -0.4 is 5.73 Å². The van der Waals surface area contributed by atoms with Gasteiger partial charge in [-0.2, -0.15) is 11.8 Å². The van der Waals surface area contributed by atoms with E-state index in [1.807, 2.05) is 24.3 Å². The van der Waals surface area contributed by atoms with Crippen LogP contribution in [0.3, 0.4) is 0 Å². The van der Waals surface area contributed by atoms with Gasteiger partial charge in [0.1, 0.15) is 0 Å². The molecule has 84 valence electrons. The van der Waals surface area contributed by atoms with Crippen LogP contribution in [0.15, 0.2) is 24.3 Å². The SMILES string of the molecule is CC(O)(CN)CSCc1ccc(Cl)cc1. The molecule has 0 aromatic heterocycles. The molecule has 0 heterocycles. The van der Waals surface area contributed by atoms with Crippen molar-refractivity contribution in [3.8, 4) is 0 Å². The van der Waals surface area contributed by atoms with Gasteiger partial charge in [0.2, 0.25) is 0 Å². The Balaban J connectivity index is 2.35. The monoisotopic (exact) mass is 245 g/mol. The molecule has 3 N–H and O–H groups in total. The Morgan fingerprint density at radius 1 is 1.40 bits per heavy atom. The standard InChI is InChI=1S/C11H16ClNOS/c1-11(14,7-13)8-15-6-9-2-4-10(12)5-3-9/h2-5,14H,6-8,13H2,1H3. The number of rotatable bonds is 5. The summed E-state index contributed by atoms with van der Waals surface area (Å²) in [6, 6.07) is 7.73. The number of benzene rings is 1. The lowest BCUT2D eigenvalue weighted by Gasteiger charge is -2.20. The van der Waals surface area contributed by atoms with Crippen molar-refractivity contribution in [1.82, 2.24) is 0 Å². The smallest absolute Gasteiger partial charge is 0.0831 e. The van der Waals surface area contributed by atoms with Crippen LogP contribution in [0.5, 0.6) is 0 Å². The van der Waals surface area contributed by atoms with Gasteiger partial charge in [-0.25, -0.2) is 0 Å². The lowest BCUT2D eigenvalue weighted by molar-refractivity contribution is 0.0949. The molecule has 1 rings (SSSR count). The summed E-state index contributed by atoms with van der Waals surface area (Å²) in [7, 11) is 0. The van der Waals surface area contributed by atoms with Crippen LogP contribution in [0, 0.1) is 0 Å². The summed E-state index contributed by atoms with van der Waals surface area (Å²) in [5, 5.41) is 10.4. The minimum atomic E-state index is -0.767. The van der Waals surface area contributed by atoms with Gasteiger partial charge >= 0.3 is 0 Å². The summed E-state index contributed by atoms with van der Waals surface area (Å²) in [4.78, 5) is 0. The van der Waals surface area contributed by atoms with Crippen molar-refractivity contribution >= 4 is 23.4 Å². The first-order valence-electron chi connectivity index (χ1n) is 4.78. The van der Waals surface area contributed by atoms with Gasteiger partial charge in [-0.3, -0.25) is 0 Å². The molecule has 0 radical (unpaired) electrons. The van der Waals surface area contributed by atoms with Crippen molar-refractivity contribution in [1.29, 1.82) is 0 Å². The third-order valence-corrected chi connectivity index (χ3v) is 3.65. The van der Waals surface area contributed by atoms with Crippen LogP contribution in [-0.2, 0) is 5.75 Å². The Hall–Kier alpha value is -0.220. The van der Waals surface area contributed by atoms with E-state index < -0.39 is 5.60 Å². The molecule has 0 aliphatic rings. The minimum Gasteiger partial charge on any atom is -0.388 e. The van der Waals surface area contributed by atoms with Gasteiger partial charge in [0.25, 0.3) is 0 Å². The van der Waals surface area contributed by atoms with E-state index in [-0.39, 0.29) is 0 Å². The van der Waals surface area contributed by atoms with Crippen LogP contribution in [0.4, 0.5) is 0 Å². The Kier molecular flexibility index (Phi) is 4.93. The third kappa shape index (κ3) is 4.89. The van der Waals surface area contributed by atoms with Crippen LogP contribution in [-0.4, -0.2) is 23.0 Å². The molecule has 0 amide bonds. The van der Waals surface area contributed by atoms with Crippen LogP contribution in [0.1, 0.15) is 12.5 Å². The van der Waals surface area contributed by atoms with Gasteiger partial charge in [-0.05, 0) is 24.6 Å². The van der Waals surface area contributed by atoms with E-state index in [0.717, 1.165) is 10.8 Å². The van der Waals surface area contributed by atoms with E-state index >= 15 is 0 Å². The van der Waals surface area contributed by atoms with E-state index in [1.54, 1.807) is 18.7 Å². The fourth-order valence-corrected chi connectivity index (χ4v) is 2.24. The molecular formula is C11H16ClNOS. The van der Waals surface area contributed by atoms with Gasteiger partial charge < -0.3 is 10.8 Å². The van der Waals surface area contributed by atoms with E-state index in [9.17, 15) is 5.11 Å². The average Bonchev–Trinajstić information content (AvgIpc) is 2.21. The first-order valence-corrected chi connectivity index (χ1v) is 6.31. The Bertz CT molecular complexity index is 300. The number of hydrogen-bond donors (Lipinski definition) is 2. The predicted molar refractivity (Wildman–Crippen MR) is 67.3 cm³/mol. The zero-order chi connectivity index (χ0) is 11.3. The highest BCUT2D eigenvalue weighted by molar-refractivity contribution is 7.98. The molecule has 0 aliphatic heterocycles. The molecule has 1 aromatic carbocycles. The van der Waals surface area contributed by atoms with E-state index in [1.165, 1.54) is 5.56 Å². The van der Waals surface area contributed by atoms with Gasteiger partial charge in [0, 0.05) is 23.1 Å². The normalized spacial score (nSPS) is 14.9. The Morgan fingerprint density at radius 3 is 2.53 bits per heavy atom. The maximum Gasteiger partial charge on any atom is 0.0831 e. The molecule has 1 atom stereocenters. The fourth-order valence-electron chi connectivity index (χ4n) is 1.03. The fraction of sp³-hybridized carbons (Fsp3) is 0.455. The number of aliphatic hydroxyl groups is 1. The van der Waals surface area contributed by atoms with Crippen molar-refractivity contribution in [2.45, 2.75) is 18.3 Å². The molecule has 0 aliphatic carbocycles. The third-order valence-electron chi connectivity index (χ3n) is 2.03. The molecule has 1 aromatic rings. The first-order chi connectivity index (χ1) is 7.03. The van der Waals surface area contributed by atoms with Crippen LogP contribution in [0.2, 0.25) is 5.02 Å². The van der Waals surface area contributed by atoms with Crippen LogP contribution >= 0.6 is 23.4 Å². The van der Waals surface area contributed by atoms with Gasteiger partial charge in [0.15, 0.2) is 0 Å². The second-order valence-electron chi connectivity index (χ2n) is 3.82. The number of nitrogens with two attached hydrogens (primary N) is 1. The lowest BCUT2D eigenvalue weighted by Crippen LogP contribution is -2.36. The maximum atomic E-state index is 9.68. The molecule has 0 spiro atoms. The van der Waals surface area contributed by atoms with Crippen LogP contribution in [0.25, 0.3) is 0 Å². The lowest BCUT2D eigenvalue weighted by atomic mass is 10.1. The number of hydrogen-bond acceptors (Lipinski definition) is 3. The number of halogens is 1. The highest BCUT2D eigenvalue weighted by atomic mass is 35.5. The molecule has 0 bridgehead atoms. The van der Waals surface area contributed by atoms with E-state index in [2.05, 4.69) is 0 Å². The first kappa shape index (κ1) is 12.8. The summed E-state index contributed by atoms with van der Waals surface area (Å²) in [6.07, 6.45) is 0. The summed E-state index contributed by atoms with van der Waals surface area (Å²) < 4.78 is 0. The molecule has 0 fully saturated rings. The summed E-state index contributed by atoms with van der Waals surface area (Å²) in [5.74, 6) is 1.51. The Morgan fingerprint density at radius 2 is 2.00 bits per heavy atom. The molecule has 15 heavy (non-hydrogen) atoms. The molecule has 1 unspecified atom stereocenters. The average molecular weight is 246 g/mol. The number of thioether (sulfide) groups is 1. The largest absolute Gasteiger partial charge is 0.388 e. The second kappa shape index (κ2) is 5.75.